The average Bonchev–Trinajstić information content (AvgIpc) is 2.94. The van der Waals surface area contributed by atoms with Gasteiger partial charge in [0, 0.05) is 23.7 Å². The van der Waals surface area contributed by atoms with Gasteiger partial charge in [0.25, 0.3) is 5.91 Å². The van der Waals surface area contributed by atoms with E-state index in [1.807, 2.05) is 24.3 Å². The van der Waals surface area contributed by atoms with Gasteiger partial charge in [-0.3, -0.25) is 9.78 Å². The summed E-state index contributed by atoms with van der Waals surface area (Å²) in [5.74, 6) is -0.873. The molecule has 1 aromatic heterocycles. The molecule has 23 heavy (non-hydrogen) atoms. The SMILES string of the molecule is NC(=O)c1ncc(-c2ccccc2F)c2c1Cc1ccccc1-2. The molecule has 4 rings (SSSR count). The number of amides is 1. The molecule has 1 aliphatic rings. The highest BCUT2D eigenvalue weighted by atomic mass is 19.1. The number of hydrogen-bond donors (Lipinski definition) is 1. The van der Waals surface area contributed by atoms with E-state index in [1.54, 1.807) is 24.4 Å². The lowest BCUT2D eigenvalue weighted by molar-refractivity contribution is 0.0995. The van der Waals surface area contributed by atoms with Crippen molar-refractivity contribution in [1.29, 1.82) is 0 Å². The second-order valence-electron chi connectivity index (χ2n) is 5.55. The van der Waals surface area contributed by atoms with Gasteiger partial charge in [0.2, 0.25) is 0 Å². The van der Waals surface area contributed by atoms with Crippen LogP contribution in [0, 0.1) is 5.82 Å². The van der Waals surface area contributed by atoms with Crippen molar-refractivity contribution in [2.24, 2.45) is 5.73 Å². The largest absolute Gasteiger partial charge is 0.364 e. The van der Waals surface area contributed by atoms with E-state index < -0.39 is 5.91 Å². The first kappa shape index (κ1) is 13.6. The first-order valence-electron chi connectivity index (χ1n) is 7.31. The number of hydrogen-bond acceptors (Lipinski definition) is 2. The van der Waals surface area contributed by atoms with Crippen LogP contribution in [0.25, 0.3) is 22.3 Å². The Morgan fingerprint density at radius 2 is 1.70 bits per heavy atom. The van der Waals surface area contributed by atoms with E-state index in [0.717, 1.165) is 22.3 Å². The zero-order valence-electron chi connectivity index (χ0n) is 12.2. The van der Waals surface area contributed by atoms with Crippen molar-refractivity contribution < 1.29 is 9.18 Å². The molecular formula is C19H13FN2O. The number of primary amides is 1. The lowest BCUT2D eigenvalue weighted by Gasteiger charge is -2.12. The Labute approximate surface area is 132 Å². The van der Waals surface area contributed by atoms with Crippen LogP contribution in [0.15, 0.2) is 54.7 Å². The van der Waals surface area contributed by atoms with Crippen LogP contribution >= 0.6 is 0 Å². The zero-order valence-corrected chi connectivity index (χ0v) is 12.2. The third-order valence-corrected chi connectivity index (χ3v) is 4.23. The van der Waals surface area contributed by atoms with Crippen LogP contribution in [0.4, 0.5) is 4.39 Å². The van der Waals surface area contributed by atoms with Gasteiger partial charge in [-0.25, -0.2) is 4.39 Å². The molecule has 0 atom stereocenters. The normalized spacial score (nSPS) is 11.9. The summed E-state index contributed by atoms with van der Waals surface area (Å²) >= 11 is 0. The van der Waals surface area contributed by atoms with Gasteiger partial charge in [-0.1, -0.05) is 42.5 Å². The van der Waals surface area contributed by atoms with Gasteiger partial charge < -0.3 is 5.73 Å². The van der Waals surface area contributed by atoms with Crippen LogP contribution in [0.2, 0.25) is 0 Å². The van der Waals surface area contributed by atoms with Gasteiger partial charge >= 0.3 is 0 Å². The molecule has 3 aromatic rings. The zero-order chi connectivity index (χ0) is 16.0. The van der Waals surface area contributed by atoms with Gasteiger partial charge in [0.05, 0.1) is 0 Å². The van der Waals surface area contributed by atoms with E-state index in [1.165, 1.54) is 6.07 Å². The quantitative estimate of drug-likeness (QED) is 0.615. The fourth-order valence-corrected chi connectivity index (χ4v) is 3.24. The molecule has 1 heterocycles. The van der Waals surface area contributed by atoms with E-state index in [-0.39, 0.29) is 11.5 Å². The molecule has 0 aliphatic heterocycles. The molecule has 0 radical (unpaired) electrons. The average molecular weight is 304 g/mol. The van der Waals surface area contributed by atoms with Gasteiger partial charge in [0.15, 0.2) is 0 Å². The van der Waals surface area contributed by atoms with Crippen LogP contribution in [0.5, 0.6) is 0 Å². The highest BCUT2D eigenvalue weighted by molar-refractivity contribution is 5.99. The van der Waals surface area contributed by atoms with Crippen LogP contribution in [0.1, 0.15) is 21.6 Å². The topological polar surface area (TPSA) is 56.0 Å². The minimum absolute atomic E-state index is 0.260. The Kier molecular flexibility index (Phi) is 2.98. The lowest BCUT2D eigenvalue weighted by atomic mass is 9.94. The molecule has 0 saturated heterocycles. The van der Waals surface area contributed by atoms with Crippen molar-refractivity contribution >= 4 is 5.91 Å². The molecule has 1 aliphatic carbocycles. The first-order valence-corrected chi connectivity index (χ1v) is 7.31. The summed E-state index contributed by atoms with van der Waals surface area (Å²) in [6.07, 6.45) is 2.12. The van der Waals surface area contributed by atoms with Crippen LogP contribution in [-0.4, -0.2) is 10.9 Å². The Hall–Kier alpha value is -3.01. The number of carbonyl (C=O) groups is 1. The molecule has 112 valence electrons. The summed E-state index contributed by atoms with van der Waals surface area (Å²) in [6.45, 7) is 0. The third kappa shape index (κ3) is 2.03. The maximum atomic E-state index is 14.3. The smallest absolute Gasteiger partial charge is 0.267 e. The number of halogens is 1. The van der Waals surface area contributed by atoms with E-state index in [4.69, 9.17) is 5.73 Å². The number of pyridine rings is 1. The Morgan fingerprint density at radius 1 is 1.00 bits per heavy atom. The maximum Gasteiger partial charge on any atom is 0.267 e. The highest BCUT2D eigenvalue weighted by Gasteiger charge is 2.27. The highest BCUT2D eigenvalue weighted by Crippen LogP contribution is 2.44. The molecule has 2 N–H and O–H groups in total. The molecule has 0 saturated carbocycles. The molecule has 4 heteroatoms. The van der Waals surface area contributed by atoms with E-state index in [0.29, 0.717) is 17.5 Å². The van der Waals surface area contributed by atoms with Crippen molar-refractivity contribution in [3.63, 3.8) is 0 Å². The van der Waals surface area contributed by atoms with Crippen molar-refractivity contribution in [2.75, 3.05) is 0 Å². The van der Waals surface area contributed by atoms with Gasteiger partial charge in [-0.05, 0) is 28.3 Å². The number of carbonyl (C=O) groups excluding carboxylic acids is 1. The van der Waals surface area contributed by atoms with Gasteiger partial charge in [-0.2, -0.15) is 0 Å². The second kappa shape index (κ2) is 5.02. The maximum absolute atomic E-state index is 14.3. The van der Waals surface area contributed by atoms with E-state index >= 15 is 0 Å². The fraction of sp³-hybridized carbons (Fsp3) is 0.0526. The Balaban J connectivity index is 2.07. The Morgan fingerprint density at radius 3 is 2.43 bits per heavy atom. The monoisotopic (exact) mass is 304 g/mol. The van der Waals surface area contributed by atoms with Gasteiger partial charge in [-0.15, -0.1) is 0 Å². The van der Waals surface area contributed by atoms with Crippen molar-refractivity contribution in [2.45, 2.75) is 6.42 Å². The predicted octanol–water partition coefficient (Wildman–Crippen LogP) is 3.56. The molecule has 0 fully saturated rings. The summed E-state index contributed by atoms with van der Waals surface area (Å²) in [5.41, 5.74) is 10.6. The summed E-state index contributed by atoms with van der Waals surface area (Å²) < 4.78 is 14.3. The summed E-state index contributed by atoms with van der Waals surface area (Å²) in [5, 5.41) is 0. The van der Waals surface area contributed by atoms with Crippen molar-refractivity contribution in [3.05, 3.63) is 77.4 Å². The number of aromatic nitrogens is 1. The molecule has 0 spiro atoms. The van der Waals surface area contributed by atoms with Crippen molar-refractivity contribution in [1.82, 2.24) is 4.98 Å². The first-order chi connectivity index (χ1) is 11.2. The van der Waals surface area contributed by atoms with Gasteiger partial charge in [0.1, 0.15) is 11.5 Å². The van der Waals surface area contributed by atoms with Crippen LogP contribution in [-0.2, 0) is 6.42 Å². The third-order valence-electron chi connectivity index (χ3n) is 4.23. The standard InChI is InChI=1S/C19H13FN2O/c20-16-8-4-3-7-13(16)15-10-22-18(19(21)23)14-9-11-5-1-2-6-12(11)17(14)15/h1-8,10H,9H2,(H2,21,23). The number of fused-ring (bicyclic) bond motifs is 3. The summed E-state index contributed by atoms with van der Waals surface area (Å²) in [6, 6.07) is 14.4. The predicted molar refractivity (Wildman–Crippen MR) is 86.4 cm³/mol. The molecule has 3 nitrogen and oxygen atoms in total. The fourth-order valence-electron chi connectivity index (χ4n) is 3.24. The lowest BCUT2D eigenvalue weighted by Crippen LogP contribution is -2.16. The number of rotatable bonds is 2. The minimum Gasteiger partial charge on any atom is -0.364 e. The Bertz CT molecular complexity index is 950. The second-order valence-corrected chi connectivity index (χ2v) is 5.55. The molecular weight excluding hydrogens is 291 g/mol. The number of nitrogens with zero attached hydrogens (tertiary/aromatic N) is 1. The minimum atomic E-state index is -0.561. The van der Waals surface area contributed by atoms with Crippen LogP contribution < -0.4 is 5.73 Å². The molecule has 1 amide bonds. The number of benzene rings is 2. The van der Waals surface area contributed by atoms with E-state index in [9.17, 15) is 9.18 Å². The van der Waals surface area contributed by atoms with Crippen LogP contribution in [0.3, 0.4) is 0 Å². The van der Waals surface area contributed by atoms with E-state index in [2.05, 4.69) is 4.98 Å². The van der Waals surface area contributed by atoms with Crippen molar-refractivity contribution in [3.8, 4) is 22.3 Å². The number of nitrogens with two attached hydrogens (primary N) is 1. The summed E-state index contributed by atoms with van der Waals surface area (Å²) in [7, 11) is 0. The summed E-state index contributed by atoms with van der Waals surface area (Å²) in [4.78, 5) is 15.9. The molecule has 0 bridgehead atoms. The molecule has 0 unspecified atom stereocenters. The molecule has 2 aromatic carbocycles.